The molecule has 0 bridgehead atoms. The van der Waals surface area contributed by atoms with Gasteiger partial charge in [-0.1, -0.05) is 18.2 Å². The largest absolute Gasteiger partial charge is 0.384 e. The van der Waals surface area contributed by atoms with E-state index in [4.69, 9.17) is 36.8 Å². The number of hydrogen-bond donors (Lipinski definition) is 10. The molecule has 0 atom stereocenters. The van der Waals surface area contributed by atoms with E-state index >= 15 is 0 Å². The van der Waals surface area contributed by atoms with Crippen molar-refractivity contribution >= 4 is 68.1 Å². The summed E-state index contributed by atoms with van der Waals surface area (Å²) in [5.74, 6) is 0.524. The fourth-order valence-corrected chi connectivity index (χ4v) is 4.84. The summed E-state index contributed by atoms with van der Waals surface area (Å²) < 4.78 is 0. The summed E-state index contributed by atoms with van der Waals surface area (Å²) in [6.07, 6.45) is 0. The zero-order valence-electron chi connectivity index (χ0n) is 24.5. The maximum Gasteiger partial charge on any atom is 0.256 e. The van der Waals surface area contributed by atoms with Gasteiger partial charge in [0.15, 0.2) is 5.75 Å². The predicted molar refractivity (Wildman–Crippen MR) is 180 cm³/mol. The number of nitrogen functional groups attached to an aromatic ring is 1. The van der Waals surface area contributed by atoms with Gasteiger partial charge in [-0.3, -0.25) is 37.0 Å². The highest BCUT2D eigenvalue weighted by Gasteiger charge is 2.15. The van der Waals surface area contributed by atoms with Crippen LogP contribution in [0.4, 0.5) is 28.7 Å². The number of carbonyl (C=O) groups is 1. The number of nitrogens with two attached hydrogens (primary N) is 1. The number of hydrogen-bond acceptors (Lipinski definition) is 11. The second-order valence-corrected chi connectivity index (χ2v) is 10.3. The third kappa shape index (κ3) is 6.68. The molecule has 1 amide bonds. The number of anilines is 5. The number of amidine groups is 2. The van der Waals surface area contributed by atoms with Gasteiger partial charge in [-0.05, 0) is 78.9 Å². The molecule has 4 aromatic carbocycles. The van der Waals surface area contributed by atoms with Crippen molar-refractivity contribution in [2.24, 2.45) is 0 Å². The molecule has 14 heteroatoms. The van der Waals surface area contributed by atoms with Gasteiger partial charge in [0.1, 0.15) is 23.3 Å². The molecule has 0 radical (unpaired) electrons. The lowest BCUT2D eigenvalue weighted by Gasteiger charge is -2.14. The molecular formula is C33H28N10O4. The van der Waals surface area contributed by atoms with E-state index in [2.05, 4.69) is 21.1 Å². The Morgan fingerprint density at radius 1 is 0.723 bits per heavy atom. The molecule has 2 aromatic heterocycles. The van der Waals surface area contributed by atoms with Crippen molar-refractivity contribution in [3.63, 3.8) is 0 Å². The molecular weight excluding hydrogens is 600 g/mol. The monoisotopic (exact) mass is 628 g/mol. The molecule has 234 valence electrons. The van der Waals surface area contributed by atoms with Crippen molar-refractivity contribution in [3.05, 3.63) is 120 Å². The first-order valence-electron chi connectivity index (χ1n) is 14.1. The summed E-state index contributed by atoms with van der Waals surface area (Å²) in [4.78, 5) is 28.4. The minimum Gasteiger partial charge on any atom is -0.384 e. The van der Waals surface area contributed by atoms with E-state index in [-0.39, 0.29) is 23.4 Å². The zero-order chi connectivity index (χ0) is 32.9. The lowest BCUT2D eigenvalue weighted by Crippen LogP contribution is -2.18. The minimum absolute atomic E-state index is 0.136. The predicted octanol–water partition coefficient (Wildman–Crippen LogP) is 5.38. The lowest BCUT2D eigenvalue weighted by molar-refractivity contribution is 0.102. The normalized spacial score (nSPS) is 10.7. The van der Waals surface area contributed by atoms with Crippen molar-refractivity contribution in [2.75, 3.05) is 21.8 Å². The van der Waals surface area contributed by atoms with Crippen LogP contribution in [-0.4, -0.2) is 38.0 Å². The third-order valence-electron chi connectivity index (χ3n) is 7.14. The van der Waals surface area contributed by atoms with E-state index in [9.17, 15) is 4.79 Å². The molecule has 0 fully saturated rings. The zero-order valence-corrected chi connectivity index (χ0v) is 24.5. The molecule has 0 spiro atoms. The fourth-order valence-electron chi connectivity index (χ4n) is 4.84. The molecule has 14 nitrogen and oxygen atoms in total. The topological polar surface area (TPSA) is 226 Å². The van der Waals surface area contributed by atoms with Crippen LogP contribution >= 0.6 is 0 Å². The molecule has 0 aliphatic rings. The van der Waals surface area contributed by atoms with Crippen LogP contribution in [0.2, 0.25) is 0 Å². The van der Waals surface area contributed by atoms with Crippen LogP contribution in [0.15, 0.2) is 103 Å². The Bertz CT molecular complexity index is 2140. The molecule has 0 saturated carbocycles. The Hall–Kier alpha value is -6.77. The van der Waals surface area contributed by atoms with Crippen LogP contribution in [0.25, 0.3) is 21.8 Å². The maximum absolute atomic E-state index is 13.5. The summed E-state index contributed by atoms with van der Waals surface area (Å²) in [7, 11) is 0. The molecule has 6 rings (SSSR count). The molecule has 0 saturated heterocycles. The van der Waals surface area contributed by atoms with Crippen LogP contribution in [0.1, 0.15) is 21.5 Å². The number of pyridine rings is 2. The summed E-state index contributed by atoms with van der Waals surface area (Å²) in [5, 5.41) is 40.7. The first kappa shape index (κ1) is 30.3. The van der Waals surface area contributed by atoms with E-state index < -0.39 is 0 Å². The molecule has 11 N–H and O–H groups in total. The highest BCUT2D eigenvalue weighted by atomic mass is 16.6. The summed E-state index contributed by atoms with van der Waals surface area (Å²) >= 11 is 0. The third-order valence-corrected chi connectivity index (χ3v) is 7.14. The van der Waals surface area contributed by atoms with Gasteiger partial charge in [0.2, 0.25) is 0 Å². The number of aromatic nitrogens is 2. The number of carbonyl (C=O) groups excluding carboxylic acids is 1. The molecule has 0 aliphatic carbocycles. The number of nitrogens with one attached hydrogen (secondary N) is 7. The molecule has 0 aliphatic heterocycles. The Morgan fingerprint density at radius 3 is 2.09 bits per heavy atom. The number of amides is 1. The molecule has 0 unspecified atom stereocenters. The van der Waals surface area contributed by atoms with Crippen molar-refractivity contribution in [1.29, 1.82) is 10.8 Å². The van der Waals surface area contributed by atoms with Crippen molar-refractivity contribution in [2.45, 2.75) is 0 Å². The molecule has 2 heterocycles. The number of nitrogens with zero attached hydrogens (tertiary/aromatic N) is 2. The second kappa shape index (κ2) is 13.1. The minimum atomic E-state index is -0.351. The van der Waals surface area contributed by atoms with Gasteiger partial charge in [0.25, 0.3) is 5.91 Å². The smallest absolute Gasteiger partial charge is 0.256 e. The van der Waals surface area contributed by atoms with Crippen molar-refractivity contribution in [1.82, 2.24) is 20.9 Å². The summed E-state index contributed by atoms with van der Waals surface area (Å²) in [6, 6.07) is 29.1. The highest BCUT2D eigenvalue weighted by molar-refractivity contribution is 6.13. The Kier molecular flexibility index (Phi) is 8.42. The van der Waals surface area contributed by atoms with E-state index in [0.717, 1.165) is 5.39 Å². The van der Waals surface area contributed by atoms with Crippen LogP contribution in [-0.2, 0) is 0 Å². The van der Waals surface area contributed by atoms with Gasteiger partial charge < -0.3 is 21.2 Å². The Balaban J connectivity index is 1.23. The van der Waals surface area contributed by atoms with Crippen molar-refractivity contribution < 1.29 is 20.0 Å². The quantitative estimate of drug-likeness (QED) is 0.0556. The van der Waals surface area contributed by atoms with E-state index in [0.29, 0.717) is 61.7 Å². The van der Waals surface area contributed by atoms with Gasteiger partial charge in [-0.25, -0.2) is 15.4 Å². The van der Waals surface area contributed by atoms with Gasteiger partial charge in [0, 0.05) is 39.3 Å². The number of fused-ring (bicyclic) bond motifs is 2. The summed E-state index contributed by atoms with van der Waals surface area (Å²) in [6.45, 7) is 0. The number of para-hydroxylation sites is 1. The first-order chi connectivity index (χ1) is 22.8. The van der Waals surface area contributed by atoms with Gasteiger partial charge in [0.05, 0.1) is 22.3 Å². The lowest BCUT2D eigenvalue weighted by atomic mass is 10.1. The SMILES string of the molecule is N=C(NO)c1ccc(NC(=O)c2cc(Nc3ccc4c(NOc5ccc(C(=N)NO)cc5)cc(N)nc4c3)nc3ccccc23)cc1. The highest BCUT2D eigenvalue weighted by Crippen LogP contribution is 2.30. The van der Waals surface area contributed by atoms with E-state index in [1.54, 1.807) is 77.7 Å². The fraction of sp³-hybridized carbons (Fsp3) is 0. The van der Waals surface area contributed by atoms with Gasteiger partial charge >= 0.3 is 0 Å². The van der Waals surface area contributed by atoms with Crippen molar-refractivity contribution in [3.8, 4) is 5.75 Å². The second-order valence-electron chi connectivity index (χ2n) is 10.3. The maximum atomic E-state index is 13.5. The van der Waals surface area contributed by atoms with Crippen LogP contribution in [0.5, 0.6) is 5.75 Å². The average molecular weight is 629 g/mol. The van der Waals surface area contributed by atoms with Crippen LogP contribution in [0, 0.1) is 10.8 Å². The number of hydroxylamine groups is 2. The Morgan fingerprint density at radius 2 is 1.38 bits per heavy atom. The van der Waals surface area contributed by atoms with Gasteiger partial charge in [-0.15, -0.1) is 0 Å². The standard InChI is InChI=1S/C33H28N10O4/c34-29-17-28(43-47-22-12-7-19(8-13-22)32(36)42-46)24-14-11-21(15-27(24)39-29)37-30-16-25(23-3-1-2-4-26(23)40-30)33(44)38-20-9-5-18(6-10-20)31(35)41-45/h1-17,45-46H,(H2,35,41)(H2,36,42)(H,37,40)(H,38,44)(H3,34,39,43). The van der Waals surface area contributed by atoms with E-state index in [1.807, 2.05) is 36.4 Å². The molecule has 47 heavy (non-hydrogen) atoms. The van der Waals surface area contributed by atoms with Crippen LogP contribution in [0.3, 0.4) is 0 Å². The molecule has 6 aromatic rings. The van der Waals surface area contributed by atoms with E-state index in [1.165, 1.54) is 0 Å². The number of benzene rings is 4. The summed E-state index contributed by atoms with van der Waals surface area (Å²) in [5.41, 5.74) is 16.9. The Labute approximate surface area is 267 Å². The number of rotatable bonds is 9. The first-order valence-corrected chi connectivity index (χ1v) is 14.1. The average Bonchev–Trinajstić information content (AvgIpc) is 3.09. The van der Waals surface area contributed by atoms with Gasteiger partial charge in [-0.2, -0.15) is 0 Å². The van der Waals surface area contributed by atoms with Crippen LogP contribution < -0.4 is 37.6 Å².